The number of fused-ring (bicyclic) bond motifs is 1. The molecule has 0 saturated carbocycles. The predicted octanol–water partition coefficient (Wildman–Crippen LogP) is 6.34. The number of likely N-dealkylation sites (N-methyl/N-ethyl adjacent to an activating group) is 1. The highest BCUT2D eigenvalue weighted by atomic mass is 35.5. The van der Waals surface area contributed by atoms with Gasteiger partial charge in [-0.25, -0.2) is 8.42 Å². The molecular weight excluding hydrogens is 656 g/mol. The molecule has 0 bridgehead atoms. The second kappa shape index (κ2) is 18.9. The summed E-state index contributed by atoms with van der Waals surface area (Å²) in [6, 6.07) is 21.7. The molecule has 1 atom stereocenters. The zero-order valence-electron chi connectivity index (χ0n) is 30.0. The summed E-state index contributed by atoms with van der Waals surface area (Å²) in [5.74, 6) is 0.656. The molecule has 1 heterocycles. The summed E-state index contributed by atoms with van der Waals surface area (Å²) < 4.78 is 30.4. The lowest BCUT2D eigenvalue weighted by Crippen LogP contribution is -2.45. The first-order chi connectivity index (χ1) is 23.5. The Labute approximate surface area is 299 Å². The van der Waals surface area contributed by atoms with Crippen molar-refractivity contribution in [3.05, 3.63) is 94.0 Å². The van der Waals surface area contributed by atoms with Crippen LogP contribution in [0.2, 0.25) is 5.02 Å². The molecular formula is C39H55ClN4O4S. The highest BCUT2D eigenvalue weighted by Crippen LogP contribution is 2.27. The number of aryl methyl sites for hydroxylation is 1. The second-order valence-electron chi connectivity index (χ2n) is 13.4. The van der Waals surface area contributed by atoms with Crippen LogP contribution >= 0.6 is 11.6 Å². The van der Waals surface area contributed by atoms with Crippen LogP contribution in [0.25, 0.3) is 0 Å². The summed E-state index contributed by atoms with van der Waals surface area (Å²) in [5.41, 5.74) is 5.64. The molecule has 0 radical (unpaired) electrons. The molecule has 1 saturated heterocycles. The van der Waals surface area contributed by atoms with Crippen LogP contribution < -0.4 is 10.2 Å². The Hall–Kier alpha value is -2.95. The van der Waals surface area contributed by atoms with E-state index in [0.717, 1.165) is 42.2 Å². The lowest BCUT2D eigenvalue weighted by molar-refractivity contribution is -0.130. The number of anilines is 1. The maximum absolute atomic E-state index is 13.5. The van der Waals surface area contributed by atoms with Crippen LogP contribution in [0.5, 0.6) is 0 Å². The van der Waals surface area contributed by atoms with Crippen LogP contribution in [-0.4, -0.2) is 96.1 Å². The van der Waals surface area contributed by atoms with E-state index in [1.54, 1.807) is 18.2 Å². The number of benzene rings is 3. The number of carbonyl (C=O) groups excluding carboxylic acids is 1. The number of sulfone groups is 1. The number of nitrogens with one attached hydrogen (secondary N) is 1. The number of likely N-dealkylation sites (tertiary alicyclic amines) is 1. The summed E-state index contributed by atoms with van der Waals surface area (Å²) >= 11 is 5.76. The highest BCUT2D eigenvalue weighted by molar-refractivity contribution is 7.90. The van der Waals surface area contributed by atoms with E-state index >= 15 is 0 Å². The summed E-state index contributed by atoms with van der Waals surface area (Å²) in [6.45, 7) is 12.1. The molecule has 8 nitrogen and oxygen atoms in total. The van der Waals surface area contributed by atoms with Crippen molar-refractivity contribution in [3.63, 3.8) is 0 Å². The summed E-state index contributed by atoms with van der Waals surface area (Å²) in [4.78, 5) is 20.0. The smallest absolute Gasteiger partial charge is 0.242 e. The number of ether oxygens (including phenoxy) is 1. The van der Waals surface area contributed by atoms with Gasteiger partial charge in [0.25, 0.3) is 0 Å². The molecule has 0 aromatic heterocycles. The quantitative estimate of drug-likeness (QED) is 0.146. The van der Waals surface area contributed by atoms with Gasteiger partial charge in [-0.1, -0.05) is 67.9 Å². The Morgan fingerprint density at radius 2 is 1.69 bits per heavy atom. The Balaban J connectivity index is 0.000000418. The fourth-order valence-electron chi connectivity index (χ4n) is 6.39. The molecule has 1 aliphatic carbocycles. The average molecular weight is 711 g/mol. The normalized spacial score (nSPS) is 15.4. The molecule has 3 aromatic carbocycles. The maximum atomic E-state index is 13.5. The number of hydrogen-bond donors (Lipinski definition) is 1. The number of carbonyl (C=O) groups is 1. The Morgan fingerprint density at radius 3 is 2.31 bits per heavy atom. The molecule has 2 aliphatic rings. The highest BCUT2D eigenvalue weighted by Gasteiger charge is 2.28. The van der Waals surface area contributed by atoms with Crippen LogP contribution in [0.4, 0.5) is 5.69 Å². The van der Waals surface area contributed by atoms with Crippen molar-refractivity contribution in [1.29, 1.82) is 0 Å². The fourth-order valence-corrected chi connectivity index (χ4v) is 7.16. The Kier molecular flexibility index (Phi) is 15.0. The number of hydrogen-bond acceptors (Lipinski definition) is 7. The second-order valence-corrected chi connectivity index (χ2v) is 15.9. The predicted molar refractivity (Wildman–Crippen MR) is 202 cm³/mol. The molecule has 10 heteroatoms. The van der Waals surface area contributed by atoms with E-state index in [9.17, 15) is 13.2 Å². The lowest BCUT2D eigenvalue weighted by atomic mass is 9.99. The minimum absolute atomic E-state index is 0.00991. The zero-order valence-corrected chi connectivity index (χ0v) is 31.5. The molecule has 1 unspecified atom stereocenters. The van der Waals surface area contributed by atoms with E-state index in [2.05, 4.69) is 48.3 Å². The van der Waals surface area contributed by atoms with Crippen LogP contribution in [0.15, 0.2) is 71.6 Å². The van der Waals surface area contributed by atoms with Crippen LogP contribution in [0.3, 0.4) is 0 Å². The molecule has 5 rings (SSSR count). The van der Waals surface area contributed by atoms with Gasteiger partial charge in [0, 0.05) is 49.7 Å². The van der Waals surface area contributed by atoms with Gasteiger partial charge in [-0.2, -0.15) is 0 Å². The van der Waals surface area contributed by atoms with Gasteiger partial charge >= 0.3 is 0 Å². The van der Waals surface area contributed by atoms with E-state index in [1.165, 1.54) is 55.3 Å². The largest absolute Gasteiger partial charge is 0.364 e. The monoisotopic (exact) mass is 710 g/mol. The molecule has 1 aliphatic heterocycles. The summed E-state index contributed by atoms with van der Waals surface area (Å²) in [7, 11) is -1.50. The van der Waals surface area contributed by atoms with Crippen LogP contribution in [0.1, 0.15) is 61.3 Å². The molecule has 3 aromatic rings. The maximum Gasteiger partial charge on any atom is 0.242 e. The van der Waals surface area contributed by atoms with Crippen LogP contribution in [-0.2, 0) is 32.2 Å². The summed E-state index contributed by atoms with van der Waals surface area (Å²) in [6.07, 6.45) is 6.67. The third-order valence-electron chi connectivity index (χ3n) is 9.81. The van der Waals surface area contributed by atoms with E-state index in [0.29, 0.717) is 25.8 Å². The van der Waals surface area contributed by atoms with Crippen molar-refractivity contribution >= 4 is 33.0 Å². The first-order valence-corrected chi connectivity index (χ1v) is 19.9. The van der Waals surface area contributed by atoms with E-state index in [4.69, 9.17) is 16.3 Å². The number of nitrogens with zero attached hydrogens (tertiary/aromatic N) is 3. The van der Waals surface area contributed by atoms with Gasteiger partial charge in [-0.05, 0) is 105 Å². The van der Waals surface area contributed by atoms with Gasteiger partial charge < -0.3 is 19.4 Å². The van der Waals surface area contributed by atoms with Crippen molar-refractivity contribution < 1.29 is 17.9 Å². The first kappa shape index (κ1) is 38.8. The van der Waals surface area contributed by atoms with Gasteiger partial charge in [-0.3, -0.25) is 10.1 Å². The number of rotatable bonds is 15. The summed E-state index contributed by atoms with van der Waals surface area (Å²) in [5, 5.41) is 4.15. The average Bonchev–Trinajstić information content (AvgIpc) is 3.77. The van der Waals surface area contributed by atoms with Gasteiger partial charge in [-0.15, -0.1) is 0 Å². The molecule has 1 N–H and O–H groups in total. The Bertz CT molecular complexity index is 1570. The molecule has 1 fully saturated rings. The molecule has 49 heavy (non-hydrogen) atoms. The van der Waals surface area contributed by atoms with Gasteiger partial charge in [0.1, 0.15) is 0 Å². The molecule has 1 amide bonds. The van der Waals surface area contributed by atoms with Crippen LogP contribution in [0, 0.1) is 6.92 Å². The van der Waals surface area contributed by atoms with Crippen molar-refractivity contribution in [1.82, 2.24) is 15.1 Å². The standard InChI is InChI=1S/C29H42N4O4S.C10H13Cl/c1-23-10-11-27(38(3,35)36)20-28(23)33(16-17-37-22-30-12-15-32-13-6-7-14-32)21-29(34)31(2)26-18-24-8-4-5-9-25(24)19-26;1-3-8(2)9-4-6-10(11)7-5-9/h4-5,8-11,20,26,30H,6-7,12-19,21-22H2,1-3H3;4-8H,3H2,1-2H3. The number of amides is 1. The lowest BCUT2D eigenvalue weighted by Gasteiger charge is -2.31. The zero-order chi connectivity index (χ0) is 35.4. The van der Waals surface area contributed by atoms with Crippen molar-refractivity contribution in [3.8, 4) is 0 Å². The van der Waals surface area contributed by atoms with Crippen molar-refractivity contribution in [2.75, 3.05) is 70.8 Å². The minimum atomic E-state index is -3.37. The number of halogens is 1. The van der Waals surface area contributed by atoms with Gasteiger partial charge in [0.2, 0.25) is 5.91 Å². The van der Waals surface area contributed by atoms with E-state index < -0.39 is 9.84 Å². The van der Waals surface area contributed by atoms with Crippen molar-refractivity contribution in [2.24, 2.45) is 0 Å². The van der Waals surface area contributed by atoms with E-state index in [1.807, 2.05) is 48.0 Å². The third kappa shape index (κ3) is 11.8. The van der Waals surface area contributed by atoms with Gasteiger partial charge in [0.15, 0.2) is 9.84 Å². The first-order valence-electron chi connectivity index (χ1n) is 17.6. The SMILES string of the molecule is CCC(C)c1ccc(Cl)cc1.Cc1ccc(S(C)(=O)=O)cc1N(CCOCNCCN1CCCC1)CC(=O)N(C)C1Cc2ccccc2C1. The van der Waals surface area contributed by atoms with Gasteiger partial charge in [0.05, 0.1) is 24.8 Å². The molecule has 268 valence electrons. The Morgan fingerprint density at radius 1 is 1.04 bits per heavy atom. The molecule has 0 spiro atoms. The topological polar surface area (TPSA) is 82.2 Å². The fraction of sp³-hybridized carbons (Fsp3) is 0.513. The van der Waals surface area contributed by atoms with E-state index in [-0.39, 0.29) is 23.4 Å². The minimum Gasteiger partial charge on any atom is -0.364 e. The third-order valence-corrected chi connectivity index (χ3v) is 11.2. The van der Waals surface area contributed by atoms with Crippen molar-refractivity contribution in [2.45, 2.75) is 69.7 Å².